The summed E-state index contributed by atoms with van der Waals surface area (Å²) < 4.78 is 10.6. The number of nitro groups is 1. The van der Waals surface area contributed by atoms with Crippen molar-refractivity contribution in [1.82, 2.24) is 15.5 Å². The van der Waals surface area contributed by atoms with E-state index in [0.717, 1.165) is 38.4 Å². The number of benzene rings is 2. The number of rotatable bonds is 10. The summed E-state index contributed by atoms with van der Waals surface area (Å²) in [6.45, 7) is 6.59. The number of morpholine rings is 1. The van der Waals surface area contributed by atoms with Crippen molar-refractivity contribution in [2.24, 2.45) is 4.99 Å². The molecule has 2 N–H and O–H groups in total. The van der Waals surface area contributed by atoms with Crippen molar-refractivity contribution >= 4 is 35.6 Å². The van der Waals surface area contributed by atoms with E-state index in [4.69, 9.17) is 9.47 Å². The van der Waals surface area contributed by atoms with Crippen LogP contribution in [0.1, 0.15) is 16.7 Å². The summed E-state index contributed by atoms with van der Waals surface area (Å²) >= 11 is 0. The zero-order valence-corrected chi connectivity index (χ0v) is 21.2. The SMILES string of the molecule is COCCNC(=NCc1ccc([N+](=O)[O-])cc1)NCc1ccccc1CN1CCOCC1.I. The van der Waals surface area contributed by atoms with Crippen molar-refractivity contribution in [2.45, 2.75) is 19.6 Å². The Hall–Kier alpha value is -2.28. The molecule has 0 aliphatic carbocycles. The lowest BCUT2D eigenvalue weighted by Gasteiger charge is -2.27. The van der Waals surface area contributed by atoms with E-state index in [-0.39, 0.29) is 29.7 Å². The Morgan fingerprint density at radius 3 is 2.48 bits per heavy atom. The van der Waals surface area contributed by atoms with Gasteiger partial charge in [-0.1, -0.05) is 36.4 Å². The number of hydrogen-bond acceptors (Lipinski definition) is 6. The maximum absolute atomic E-state index is 10.8. The minimum Gasteiger partial charge on any atom is -0.383 e. The third-order valence-corrected chi connectivity index (χ3v) is 5.23. The van der Waals surface area contributed by atoms with E-state index in [1.807, 2.05) is 6.07 Å². The molecule has 1 aliphatic rings. The molecule has 3 rings (SSSR count). The molecule has 0 unspecified atom stereocenters. The minimum atomic E-state index is -0.402. The van der Waals surface area contributed by atoms with Gasteiger partial charge in [-0.3, -0.25) is 15.0 Å². The van der Waals surface area contributed by atoms with Gasteiger partial charge in [-0.05, 0) is 16.7 Å². The zero-order valence-electron chi connectivity index (χ0n) is 18.9. The molecule has 9 nitrogen and oxygen atoms in total. The number of halogens is 1. The summed E-state index contributed by atoms with van der Waals surface area (Å²) in [7, 11) is 1.66. The smallest absolute Gasteiger partial charge is 0.269 e. The number of non-ortho nitro benzene ring substituents is 1. The molecule has 1 saturated heterocycles. The van der Waals surface area contributed by atoms with Gasteiger partial charge < -0.3 is 20.1 Å². The Morgan fingerprint density at radius 2 is 1.82 bits per heavy atom. The molecule has 0 spiro atoms. The Kier molecular flexibility index (Phi) is 12.1. The molecule has 0 atom stereocenters. The molecule has 0 bridgehead atoms. The second kappa shape index (κ2) is 14.8. The maximum Gasteiger partial charge on any atom is 0.269 e. The molecule has 10 heteroatoms. The summed E-state index contributed by atoms with van der Waals surface area (Å²) in [6.07, 6.45) is 0. The van der Waals surface area contributed by atoms with Gasteiger partial charge in [0.2, 0.25) is 0 Å². The fourth-order valence-electron chi connectivity index (χ4n) is 3.40. The number of guanidine groups is 1. The van der Waals surface area contributed by atoms with E-state index in [1.165, 1.54) is 23.3 Å². The molecule has 0 saturated carbocycles. The van der Waals surface area contributed by atoms with Crippen LogP contribution in [0.2, 0.25) is 0 Å². The standard InChI is InChI=1S/C23H31N5O4.HI/c1-31-13-10-24-23(25-16-19-6-8-22(9-7-19)28(29)30)26-17-20-4-2-3-5-21(20)18-27-11-14-32-15-12-27;/h2-9H,10-18H2,1H3,(H2,24,25,26);1H. The second-order valence-electron chi connectivity index (χ2n) is 7.52. The second-order valence-corrected chi connectivity index (χ2v) is 7.52. The predicted molar refractivity (Wildman–Crippen MR) is 139 cm³/mol. The Morgan fingerprint density at radius 1 is 1.12 bits per heavy atom. The molecule has 0 aromatic heterocycles. The molecule has 0 amide bonds. The molecule has 2 aromatic rings. The first-order valence-corrected chi connectivity index (χ1v) is 10.8. The van der Waals surface area contributed by atoms with Gasteiger partial charge in [0.15, 0.2) is 5.96 Å². The van der Waals surface area contributed by atoms with Crippen LogP contribution in [-0.4, -0.2) is 62.3 Å². The van der Waals surface area contributed by atoms with E-state index < -0.39 is 4.92 Å². The van der Waals surface area contributed by atoms with Gasteiger partial charge in [-0.2, -0.15) is 0 Å². The Labute approximate surface area is 211 Å². The minimum absolute atomic E-state index is 0. The highest BCUT2D eigenvalue weighted by atomic mass is 127. The quantitative estimate of drug-likeness (QED) is 0.113. The van der Waals surface area contributed by atoms with Crippen molar-refractivity contribution in [1.29, 1.82) is 0 Å². The van der Waals surface area contributed by atoms with E-state index in [2.05, 4.69) is 38.7 Å². The first-order chi connectivity index (χ1) is 15.7. The van der Waals surface area contributed by atoms with Crippen LogP contribution in [0.5, 0.6) is 0 Å². The van der Waals surface area contributed by atoms with Crippen LogP contribution in [0.3, 0.4) is 0 Å². The highest BCUT2D eigenvalue weighted by molar-refractivity contribution is 14.0. The first-order valence-electron chi connectivity index (χ1n) is 10.8. The third kappa shape index (κ3) is 9.24. The molecule has 1 aliphatic heterocycles. The van der Waals surface area contributed by atoms with Gasteiger partial charge in [0, 0.05) is 52.0 Å². The molecular formula is C23H32IN5O4. The van der Waals surface area contributed by atoms with Gasteiger partial charge in [0.05, 0.1) is 31.3 Å². The number of nitrogens with one attached hydrogen (secondary N) is 2. The van der Waals surface area contributed by atoms with Crippen LogP contribution >= 0.6 is 24.0 Å². The van der Waals surface area contributed by atoms with Crippen LogP contribution < -0.4 is 10.6 Å². The van der Waals surface area contributed by atoms with Crippen LogP contribution in [0, 0.1) is 10.1 Å². The molecular weight excluding hydrogens is 537 g/mol. The van der Waals surface area contributed by atoms with Gasteiger partial charge >= 0.3 is 0 Å². The van der Waals surface area contributed by atoms with Crippen LogP contribution in [0.15, 0.2) is 53.5 Å². The summed E-state index contributed by atoms with van der Waals surface area (Å²) in [5, 5.41) is 17.5. The van der Waals surface area contributed by atoms with Gasteiger partial charge in [0.25, 0.3) is 5.69 Å². The van der Waals surface area contributed by atoms with Crippen LogP contribution in [-0.2, 0) is 29.1 Å². The largest absolute Gasteiger partial charge is 0.383 e. The highest BCUT2D eigenvalue weighted by Crippen LogP contribution is 2.14. The average Bonchev–Trinajstić information content (AvgIpc) is 2.82. The number of nitrogens with zero attached hydrogens (tertiary/aromatic N) is 3. The average molecular weight is 569 g/mol. The summed E-state index contributed by atoms with van der Waals surface area (Å²) in [4.78, 5) is 17.5. The monoisotopic (exact) mass is 569 g/mol. The molecule has 1 heterocycles. The molecule has 2 aromatic carbocycles. The van der Waals surface area contributed by atoms with Crippen molar-refractivity contribution in [3.63, 3.8) is 0 Å². The van der Waals surface area contributed by atoms with Crippen molar-refractivity contribution in [3.05, 3.63) is 75.3 Å². The number of aliphatic imine (C=N–C) groups is 1. The fraction of sp³-hybridized carbons (Fsp3) is 0.435. The summed E-state index contributed by atoms with van der Waals surface area (Å²) in [5.41, 5.74) is 3.48. The number of ether oxygens (including phenoxy) is 2. The van der Waals surface area contributed by atoms with E-state index in [9.17, 15) is 10.1 Å². The predicted octanol–water partition coefficient (Wildman–Crippen LogP) is 2.93. The van der Waals surface area contributed by atoms with Crippen molar-refractivity contribution < 1.29 is 14.4 Å². The van der Waals surface area contributed by atoms with Crippen LogP contribution in [0.25, 0.3) is 0 Å². The van der Waals surface area contributed by atoms with E-state index in [1.54, 1.807) is 19.2 Å². The normalized spacial score (nSPS) is 14.4. The molecule has 180 valence electrons. The number of methoxy groups -OCH3 is 1. The number of nitro benzene ring substituents is 1. The molecule has 1 fully saturated rings. The Balaban J connectivity index is 0.00000385. The fourth-order valence-corrected chi connectivity index (χ4v) is 3.40. The highest BCUT2D eigenvalue weighted by Gasteiger charge is 2.13. The summed E-state index contributed by atoms with van der Waals surface area (Å²) in [5.74, 6) is 0.668. The van der Waals surface area contributed by atoms with Crippen molar-refractivity contribution in [2.75, 3.05) is 46.6 Å². The van der Waals surface area contributed by atoms with E-state index in [0.29, 0.717) is 32.2 Å². The first kappa shape index (κ1) is 27.0. The Bertz CT molecular complexity index is 889. The van der Waals surface area contributed by atoms with Gasteiger partial charge in [-0.15, -0.1) is 24.0 Å². The lowest BCUT2D eigenvalue weighted by atomic mass is 10.1. The summed E-state index contributed by atoms with van der Waals surface area (Å²) in [6, 6.07) is 14.9. The zero-order chi connectivity index (χ0) is 22.6. The topological polar surface area (TPSA) is 101 Å². The van der Waals surface area contributed by atoms with Gasteiger partial charge in [-0.25, -0.2) is 4.99 Å². The van der Waals surface area contributed by atoms with Crippen LogP contribution in [0.4, 0.5) is 5.69 Å². The lowest BCUT2D eigenvalue weighted by molar-refractivity contribution is -0.384. The third-order valence-electron chi connectivity index (χ3n) is 5.23. The lowest BCUT2D eigenvalue weighted by Crippen LogP contribution is -2.39. The number of hydrogen-bond donors (Lipinski definition) is 2. The van der Waals surface area contributed by atoms with Crippen molar-refractivity contribution in [3.8, 4) is 0 Å². The van der Waals surface area contributed by atoms with Gasteiger partial charge in [0.1, 0.15) is 0 Å². The molecule has 33 heavy (non-hydrogen) atoms. The molecule has 0 radical (unpaired) electrons. The maximum atomic E-state index is 10.8. The van der Waals surface area contributed by atoms with E-state index >= 15 is 0 Å².